The predicted octanol–water partition coefficient (Wildman–Crippen LogP) is 1.37. The third kappa shape index (κ3) is 2.96. The monoisotopic (exact) mass is 316 g/mol. The van der Waals surface area contributed by atoms with E-state index in [0.717, 1.165) is 23.1 Å². The number of carbonyl (C=O) groups is 1. The molecule has 19 heavy (non-hydrogen) atoms. The fraction of sp³-hybridized carbons (Fsp3) is 0.583. The second-order valence-corrected chi connectivity index (χ2v) is 9.71. The van der Waals surface area contributed by atoms with Crippen LogP contribution in [0.4, 0.5) is 0 Å². The number of Topliss-reactive ketones (excluding diaryl/α,β-unsaturated/α-hetero) is 1. The summed E-state index contributed by atoms with van der Waals surface area (Å²) in [6.07, 6.45) is 2.30. The van der Waals surface area contributed by atoms with Crippen molar-refractivity contribution in [1.82, 2.24) is 0 Å². The number of hydrogen-bond acceptors (Lipinski definition) is 5. The molecule has 0 bridgehead atoms. The molecule has 104 valence electrons. The van der Waals surface area contributed by atoms with Crippen molar-refractivity contribution in [2.24, 2.45) is 5.41 Å². The Morgan fingerprint density at radius 1 is 1.37 bits per heavy atom. The van der Waals surface area contributed by atoms with Crippen molar-refractivity contribution in [2.45, 2.75) is 37.5 Å². The maximum Gasteiger partial charge on any atom is 0.410 e. The van der Waals surface area contributed by atoms with Gasteiger partial charge < -0.3 is 3.79 Å². The molecule has 1 aromatic heterocycles. The van der Waals surface area contributed by atoms with E-state index in [9.17, 15) is 13.2 Å². The van der Waals surface area contributed by atoms with Crippen LogP contribution in [0.1, 0.15) is 41.1 Å². The molecule has 1 aliphatic rings. The van der Waals surface area contributed by atoms with Crippen molar-refractivity contribution in [3.8, 4) is 0 Å². The van der Waals surface area contributed by atoms with Gasteiger partial charge >= 0.3 is 16.6 Å². The quantitative estimate of drug-likeness (QED) is 0.790. The Morgan fingerprint density at radius 2 is 2.00 bits per heavy atom. The van der Waals surface area contributed by atoms with Crippen LogP contribution in [0.5, 0.6) is 0 Å². The van der Waals surface area contributed by atoms with Crippen molar-refractivity contribution in [2.75, 3.05) is 6.26 Å². The molecule has 1 aliphatic carbocycles. The summed E-state index contributed by atoms with van der Waals surface area (Å²) >= 11 is 1.79. The first-order chi connectivity index (χ1) is 8.65. The van der Waals surface area contributed by atoms with E-state index in [2.05, 4.69) is 0 Å². The van der Waals surface area contributed by atoms with Crippen LogP contribution in [-0.4, -0.2) is 37.1 Å². The van der Waals surface area contributed by atoms with Gasteiger partial charge in [0.2, 0.25) is 0 Å². The number of thiophene rings is 1. The number of fused-ring (bicyclic) bond motifs is 1. The van der Waals surface area contributed by atoms with Gasteiger partial charge in [-0.25, -0.2) is 8.42 Å². The molecule has 0 spiro atoms. The molecule has 0 aromatic carbocycles. The van der Waals surface area contributed by atoms with Crippen LogP contribution in [-0.2, 0) is 26.7 Å². The van der Waals surface area contributed by atoms with Crippen LogP contribution >= 0.6 is 11.3 Å². The number of carbonyl (C=O) groups excluding carboxylic acids is 1. The minimum absolute atomic E-state index is 0.0532. The zero-order chi connectivity index (χ0) is 14.4. The van der Waals surface area contributed by atoms with Crippen molar-refractivity contribution in [3.63, 3.8) is 0 Å². The molecule has 1 heterocycles. The molecule has 0 amide bonds. The molecule has 7 heteroatoms. The summed E-state index contributed by atoms with van der Waals surface area (Å²) in [7, 11) is -3.36. The molecule has 0 saturated heterocycles. The summed E-state index contributed by atoms with van der Waals surface area (Å²) in [6.45, 7) is 4.49. The first-order valence-corrected chi connectivity index (χ1v) is 9.55. The summed E-state index contributed by atoms with van der Waals surface area (Å²) in [5, 5.41) is 0. The molecule has 0 fully saturated rings. The van der Waals surface area contributed by atoms with Gasteiger partial charge in [-0.05, 0) is 17.4 Å². The molecule has 0 aliphatic heterocycles. The molecular weight excluding hydrogens is 299 g/mol. The molecule has 4 nitrogen and oxygen atoms in total. The maximum atomic E-state index is 12.3. The molecule has 0 unspecified atom stereocenters. The van der Waals surface area contributed by atoms with Crippen molar-refractivity contribution in [3.05, 3.63) is 16.0 Å². The average molecular weight is 316 g/mol. The third-order valence-electron chi connectivity index (χ3n) is 3.24. The second-order valence-electron chi connectivity index (χ2n) is 5.81. The molecular formula is C12H17AlO4S2. The average Bonchev–Trinajstić information content (AvgIpc) is 2.56. The van der Waals surface area contributed by atoms with Crippen LogP contribution < -0.4 is 0 Å². The lowest BCUT2D eigenvalue weighted by Gasteiger charge is -2.29. The molecule has 0 radical (unpaired) electrons. The van der Waals surface area contributed by atoms with E-state index in [-0.39, 0.29) is 15.4 Å². The van der Waals surface area contributed by atoms with Crippen LogP contribution in [0.2, 0.25) is 0 Å². The maximum absolute atomic E-state index is 12.3. The number of rotatable bonds is 3. The molecule has 2 rings (SSSR count). The summed E-state index contributed by atoms with van der Waals surface area (Å²) in [5.41, 5.74) is 1.21. The molecule has 0 saturated carbocycles. The lowest BCUT2D eigenvalue weighted by atomic mass is 9.74. The number of hydrogen-bond donors (Lipinski definition) is 0. The largest absolute Gasteiger partial charge is 0.502 e. The number of ketones is 1. The summed E-state index contributed by atoms with van der Waals surface area (Å²) in [6, 6.07) is 0. The van der Waals surface area contributed by atoms with Gasteiger partial charge in [-0.2, -0.15) is 0 Å². The van der Waals surface area contributed by atoms with Crippen LogP contribution in [0.15, 0.2) is 4.21 Å². The fourth-order valence-corrected chi connectivity index (χ4v) is 5.58. The first-order valence-electron chi connectivity index (χ1n) is 6.02. The minimum atomic E-state index is -3.36. The Labute approximate surface area is 125 Å². The van der Waals surface area contributed by atoms with E-state index >= 15 is 0 Å². The van der Waals surface area contributed by atoms with Gasteiger partial charge in [-0.1, -0.05) is 13.8 Å². The standard InChI is InChI=1S/C12H15O4S2.Al.2H/c1-12(2)4-7-9(6-13)17-11(18(3,15)16)10(7)8(14)5-12;;;/h4-6H2,1-3H3;;;/q-1;+1;;. The van der Waals surface area contributed by atoms with Gasteiger partial charge in [-0.15, -0.1) is 11.3 Å². The Bertz CT molecular complexity index is 628. The zero-order valence-electron chi connectivity index (χ0n) is 11.6. The van der Waals surface area contributed by atoms with E-state index in [1.807, 2.05) is 13.8 Å². The Kier molecular flexibility index (Phi) is 3.98. The lowest BCUT2D eigenvalue weighted by molar-refractivity contribution is 0.0909. The zero-order valence-corrected chi connectivity index (χ0v) is 15.2. The highest BCUT2D eigenvalue weighted by molar-refractivity contribution is 7.92. The van der Waals surface area contributed by atoms with Gasteiger partial charge in [0.1, 0.15) is 4.21 Å². The van der Waals surface area contributed by atoms with E-state index < -0.39 is 9.84 Å². The van der Waals surface area contributed by atoms with Crippen molar-refractivity contribution in [1.29, 1.82) is 0 Å². The predicted molar refractivity (Wildman–Crippen MR) is 77.2 cm³/mol. The Hall–Kier alpha value is -0.188. The van der Waals surface area contributed by atoms with Gasteiger partial charge in [0.15, 0.2) is 15.6 Å². The van der Waals surface area contributed by atoms with Crippen LogP contribution in [0, 0.1) is 5.41 Å². The van der Waals surface area contributed by atoms with E-state index in [4.69, 9.17) is 3.79 Å². The Balaban J connectivity index is 2.68. The fourth-order valence-electron chi connectivity index (χ4n) is 2.53. The minimum Gasteiger partial charge on any atom is -0.502 e. The lowest BCUT2D eigenvalue weighted by Crippen LogP contribution is -2.27. The van der Waals surface area contributed by atoms with E-state index in [0.29, 0.717) is 35.2 Å². The van der Waals surface area contributed by atoms with E-state index in [1.54, 1.807) is 0 Å². The van der Waals surface area contributed by atoms with Crippen molar-refractivity contribution < 1.29 is 17.0 Å². The summed E-state index contributed by atoms with van der Waals surface area (Å²) < 4.78 is 29.2. The topological polar surface area (TPSA) is 60.4 Å². The first kappa shape index (κ1) is 15.2. The van der Waals surface area contributed by atoms with Crippen LogP contribution in [0.3, 0.4) is 0 Å². The molecule has 1 aromatic rings. The highest BCUT2D eigenvalue weighted by Crippen LogP contribution is 2.43. The van der Waals surface area contributed by atoms with Gasteiger partial charge in [0.25, 0.3) is 0 Å². The van der Waals surface area contributed by atoms with E-state index in [1.165, 1.54) is 11.3 Å². The molecule has 0 atom stereocenters. The highest BCUT2D eigenvalue weighted by atomic mass is 32.2. The van der Waals surface area contributed by atoms with Gasteiger partial charge in [0, 0.05) is 24.2 Å². The van der Waals surface area contributed by atoms with Crippen LogP contribution in [0.25, 0.3) is 0 Å². The van der Waals surface area contributed by atoms with Crippen molar-refractivity contribution >= 4 is 43.6 Å². The molecule has 0 N–H and O–H groups in total. The van der Waals surface area contributed by atoms with Gasteiger partial charge in [-0.3, -0.25) is 4.79 Å². The second kappa shape index (κ2) is 4.97. The summed E-state index contributed by atoms with van der Waals surface area (Å²) in [5.74, 6) is -0.0532. The SMILES string of the molecule is CC1(C)CC(=O)c2c(S(C)(=O)=O)sc(C[O][AlH2])c2C1. The number of sulfone groups is 1. The Morgan fingerprint density at radius 3 is 2.53 bits per heavy atom. The third-order valence-corrected chi connectivity index (χ3v) is 6.57. The highest BCUT2D eigenvalue weighted by Gasteiger charge is 2.37. The normalized spacial score (nSPS) is 18.4. The smallest absolute Gasteiger partial charge is 0.410 e. The van der Waals surface area contributed by atoms with Gasteiger partial charge in [0.05, 0.1) is 5.56 Å². The summed E-state index contributed by atoms with van der Waals surface area (Å²) in [4.78, 5) is 13.2.